The number of ether oxygens (including phenoxy) is 2. The summed E-state index contributed by atoms with van der Waals surface area (Å²) >= 11 is 1.63. The zero-order valence-corrected chi connectivity index (χ0v) is 18.4. The second kappa shape index (κ2) is 8.95. The lowest BCUT2D eigenvalue weighted by molar-refractivity contribution is -0.151. The molecule has 0 spiro atoms. The first-order valence-electron chi connectivity index (χ1n) is 10.1. The summed E-state index contributed by atoms with van der Waals surface area (Å²) in [4.78, 5) is 31.7. The Labute approximate surface area is 175 Å². The second-order valence-corrected chi connectivity index (χ2v) is 8.30. The molecule has 0 fully saturated rings. The Morgan fingerprint density at radius 3 is 2.79 bits per heavy atom. The highest BCUT2D eigenvalue weighted by Crippen LogP contribution is 2.39. The van der Waals surface area contributed by atoms with Crippen molar-refractivity contribution in [2.45, 2.75) is 72.1 Å². The van der Waals surface area contributed by atoms with Crippen LogP contribution in [0.15, 0.2) is 23.6 Å². The first-order chi connectivity index (χ1) is 13.8. The number of carbonyl (C=O) groups is 2. The molecule has 0 saturated heterocycles. The van der Waals surface area contributed by atoms with E-state index < -0.39 is 18.1 Å². The Hall–Kier alpha value is -2.41. The van der Waals surface area contributed by atoms with Gasteiger partial charge in [0.2, 0.25) is 0 Å². The van der Waals surface area contributed by atoms with Crippen LogP contribution in [0.2, 0.25) is 0 Å². The zero-order chi connectivity index (χ0) is 21.1. The summed E-state index contributed by atoms with van der Waals surface area (Å²) < 4.78 is 11.3. The smallest absolute Gasteiger partial charge is 0.329 e. The Kier molecular flexibility index (Phi) is 6.57. The van der Waals surface area contributed by atoms with Crippen LogP contribution in [0.25, 0.3) is 11.3 Å². The molecule has 0 aliphatic carbocycles. The predicted octanol–water partition coefficient (Wildman–Crippen LogP) is 4.61. The van der Waals surface area contributed by atoms with Gasteiger partial charge in [-0.15, -0.1) is 11.3 Å². The highest BCUT2D eigenvalue weighted by atomic mass is 32.1. The first-order valence-corrected chi connectivity index (χ1v) is 11.0. The van der Waals surface area contributed by atoms with Gasteiger partial charge in [0.15, 0.2) is 6.10 Å². The lowest BCUT2D eigenvalue weighted by Crippen LogP contribution is -2.52. The molecular weight excluding hydrogens is 388 g/mol. The number of esters is 1. The van der Waals surface area contributed by atoms with Gasteiger partial charge in [0.05, 0.1) is 22.5 Å². The molecular formula is C22H28N2O4S. The van der Waals surface area contributed by atoms with Crippen LogP contribution in [0.4, 0.5) is 5.69 Å². The molecule has 156 valence electrons. The molecule has 7 heteroatoms. The van der Waals surface area contributed by atoms with Gasteiger partial charge < -0.3 is 9.47 Å². The Morgan fingerprint density at radius 2 is 2.10 bits per heavy atom. The minimum absolute atomic E-state index is 0.198. The number of thiazole rings is 1. The van der Waals surface area contributed by atoms with Crippen molar-refractivity contribution in [1.29, 1.82) is 0 Å². The van der Waals surface area contributed by atoms with E-state index in [4.69, 9.17) is 14.5 Å². The van der Waals surface area contributed by atoms with E-state index in [1.54, 1.807) is 25.2 Å². The molecule has 2 aromatic rings. The minimum atomic E-state index is -0.747. The third-order valence-corrected chi connectivity index (χ3v) is 5.95. The van der Waals surface area contributed by atoms with Crippen molar-refractivity contribution in [3.63, 3.8) is 0 Å². The summed E-state index contributed by atoms with van der Waals surface area (Å²) in [6.45, 7) is 9.31. The van der Waals surface area contributed by atoms with E-state index in [1.807, 2.05) is 37.4 Å². The van der Waals surface area contributed by atoms with Crippen molar-refractivity contribution in [2.24, 2.45) is 0 Å². The second-order valence-electron chi connectivity index (χ2n) is 7.36. The lowest BCUT2D eigenvalue weighted by atomic mass is 10.1. The molecule has 3 rings (SSSR count). The van der Waals surface area contributed by atoms with Gasteiger partial charge in [-0.3, -0.25) is 9.69 Å². The van der Waals surface area contributed by atoms with Gasteiger partial charge in [0.25, 0.3) is 5.91 Å². The number of aryl methyl sites for hydroxylation is 1. The van der Waals surface area contributed by atoms with Crippen LogP contribution in [-0.2, 0) is 20.7 Å². The van der Waals surface area contributed by atoms with Crippen molar-refractivity contribution in [3.05, 3.63) is 28.6 Å². The fourth-order valence-electron chi connectivity index (χ4n) is 3.18. The van der Waals surface area contributed by atoms with Crippen LogP contribution in [0.3, 0.4) is 0 Å². The number of fused-ring (bicyclic) bond motifs is 1. The molecule has 1 aromatic carbocycles. The van der Waals surface area contributed by atoms with Crippen LogP contribution in [-0.4, -0.2) is 35.1 Å². The third kappa shape index (κ3) is 4.45. The van der Waals surface area contributed by atoms with Crippen molar-refractivity contribution in [3.8, 4) is 17.0 Å². The summed E-state index contributed by atoms with van der Waals surface area (Å²) in [5, 5.41) is 3.11. The van der Waals surface area contributed by atoms with Gasteiger partial charge >= 0.3 is 5.97 Å². The van der Waals surface area contributed by atoms with Gasteiger partial charge in [0.1, 0.15) is 11.8 Å². The van der Waals surface area contributed by atoms with E-state index >= 15 is 0 Å². The van der Waals surface area contributed by atoms with Crippen LogP contribution in [0.1, 0.15) is 52.5 Å². The molecule has 2 heterocycles. The minimum Gasteiger partial charge on any atom is -0.479 e. The largest absolute Gasteiger partial charge is 0.479 e. The van der Waals surface area contributed by atoms with Gasteiger partial charge in [0, 0.05) is 10.9 Å². The monoisotopic (exact) mass is 416 g/mol. The number of hydrogen-bond acceptors (Lipinski definition) is 6. The van der Waals surface area contributed by atoms with E-state index in [9.17, 15) is 9.59 Å². The molecule has 1 aliphatic rings. The molecule has 0 N–H and O–H groups in total. The lowest BCUT2D eigenvalue weighted by Gasteiger charge is -2.36. The van der Waals surface area contributed by atoms with E-state index in [-0.39, 0.29) is 12.0 Å². The van der Waals surface area contributed by atoms with Crippen LogP contribution < -0.4 is 9.64 Å². The SMILES string of the molecule is CCCc1nc(-c2ccc3c(c2)N(C(C)C(=O)OC(C)CC)C(=O)C(C)O3)cs1. The van der Waals surface area contributed by atoms with Gasteiger partial charge in [-0.1, -0.05) is 13.8 Å². The molecule has 1 aromatic heterocycles. The van der Waals surface area contributed by atoms with Gasteiger partial charge in [-0.25, -0.2) is 9.78 Å². The van der Waals surface area contributed by atoms with Crippen LogP contribution in [0, 0.1) is 0 Å². The van der Waals surface area contributed by atoms with Gasteiger partial charge in [-0.2, -0.15) is 0 Å². The molecule has 1 aliphatic heterocycles. The Balaban J connectivity index is 1.96. The predicted molar refractivity (Wildman–Crippen MR) is 114 cm³/mol. The fourth-order valence-corrected chi connectivity index (χ4v) is 4.09. The number of amides is 1. The summed E-state index contributed by atoms with van der Waals surface area (Å²) in [6.07, 6.45) is 1.84. The number of benzene rings is 1. The number of hydrogen-bond donors (Lipinski definition) is 0. The Morgan fingerprint density at radius 1 is 1.34 bits per heavy atom. The normalized spacial score (nSPS) is 18.0. The van der Waals surface area contributed by atoms with Crippen molar-refractivity contribution in [1.82, 2.24) is 4.98 Å². The van der Waals surface area contributed by atoms with Crippen molar-refractivity contribution in [2.75, 3.05) is 4.90 Å². The van der Waals surface area contributed by atoms with Crippen molar-refractivity contribution >= 4 is 28.9 Å². The average molecular weight is 417 g/mol. The standard InChI is InChI=1S/C22H28N2O4S/c1-6-8-20-23-17(12-29-20)16-9-10-19-18(11-16)24(21(25)15(5)28-19)14(4)22(26)27-13(3)7-2/h9-15H,6-8H2,1-5H3. The molecule has 3 unspecified atom stereocenters. The highest BCUT2D eigenvalue weighted by molar-refractivity contribution is 7.09. The maximum Gasteiger partial charge on any atom is 0.329 e. The zero-order valence-electron chi connectivity index (χ0n) is 17.6. The van der Waals surface area contributed by atoms with Crippen LogP contribution in [0.5, 0.6) is 5.75 Å². The summed E-state index contributed by atoms with van der Waals surface area (Å²) in [5.74, 6) is -0.0988. The summed E-state index contributed by atoms with van der Waals surface area (Å²) in [7, 11) is 0. The number of aromatic nitrogens is 1. The van der Waals surface area contributed by atoms with E-state index in [1.165, 1.54) is 4.90 Å². The van der Waals surface area contributed by atoms with E-state index in [0.29, 0.717) is 11.4 Å². The molecule has 3 atom stereocenters. The maximum atomic E-state index is 12.9. The molecule has 1 amide bonds. The molecule has 29 heavy (non-hydrogen) atoms. The fraction of sp³-hybridized carbons (Fsp3) is 0.500. The summed E-state index contributed by atoms with van der Waals surface area (Å²) in [5.41, 5.74) is 2.33. The van der Waals surface area contributed by atoms with Gasteiger partial charge in [-0.05, 0) is 58.2 Å². The van der Waals surface area contributed by atoms with E-state index in [2.05, 4.69) is 6.92 Å². The maximum absolute atomic E-state index is 12.9. The number of nitrogens with zero attached hydrogens (tertiary/aromatic N) is 2. The molecule has 0 saturated carbocycles. The highest BCUT2D eigenvalue weighted by Gasteiger charge is 2.38. The number of anilines is 1. The third-order valence-electron chi connectivity index (χ3n) is 5.04. The van der Waals surface area contributed by atoms with E-state index in [0.717, 1.165) is 35.5 Å². The average Bonchev–Trinajstić information content (AvgIpc) is 3.17. The molecule has 0 radical (unpaired) electrons. The number of rotatable bonds is 7. The van der Waals surface area contributed by atoms with Crippen LogP contribution >= 0.6 is 11.3 Å². The molecule has 0 bridgehead atoms. The number of carbonyl (C=O) groups excluding carboxylic acids is 2. The summed E-state index contributed by atoms with van der Waals surface area (Å²) in [6, 6.07) is 4.90. The van der Waals surface area contributed by atoms with Crippen molar-refractivity contribution < 1.29 is 19.1 Å². The quantitative estimate of drug-likeness (QED) is 0.617. The topological polar surface area (TPSA) is 68.7 Å². The first kappa shape index (κ1) is 21.3. The molecule has 6 nitrogen and oxygen atoms in total. The Bertz CT molecular complexity index is 895.